The first kappa shape index (κ1) is 29.1. The predicted molar refractivity (Wildman–Crippen MR) is 118 cm³/mol. The van der Waals surface area contributed by atoms with Crippen LogP contribution in [0.25, 0.3) is 0 Å². The molecule has 0 saturated heterocycles. The summed E-state index contributed by atoms with van der Waals surface area (Å²) in [5.41, 5.74) is -0.964. The molecule has 0 amide bonds. The lowest BCUT2D eigenvalue weighted by Crippen LogP contribution is -2.50. The highest BCUT2D eigenvalue weighted by atomic mass is 32.2. The second kappa shape index (κ2) is 15.8. The number of unbranched alkanes of at least 4 members (excludes halogenated alkanes) is 4. The predicted octanol–water partition coefficient (Wildman–Crippen LogP) is 6.95. The number of halogens is 3. The summed E-state index contributed by atoms with van der Waals surface area (Å²) in [7, 11) is 0. The summed E-state index contributed by atoms with van der Waals surface area (Å²) in [6, 6.07) is 3.55. The Balaban J connectivity index is 0.000000579. The zero-order valence-electron chi connectivity index (χ0n) is 19.1. The van der Waals surface area contributed by atoms with Crippen molar-refractivity contribution in [3.8, 4) is 0 Å². The van der Waals surface area contributed by atoms with E-state index in [0.717, 1.165) is 18.2 Å². The normalized spacial score (nSPS) is 12.9. The average molecular weight is 452 g/mol. The van der Waals surface area contributed by atoms with Gasteiger partial charge in [-0.3, -0.25) is 4.21 Å². The fourth-order valence-corrected chi connectivity index (χ4v) is 3.83. The monoisotopic (exact) mass is 451 g/mol. The molecule has 0 aliphatic rings. The smallest absolute Gasteiger partial charge is 0.416 e. The van der Waals surface area contributed by atoms with Gasteiger partial charge in [0, 0.05) is 4.90 Å². The van der Waals surface area contributed by atoms with Crippen molar-refractivity contribution in [3.05, 3.63) is 29.8 Å². The molecule has 1 aromatic rings. The molecule has 0 spiro atoms. The third-order valence-electron chi connectivity index (χ3n) is 5.30. The Labute approximate surface area is 183 Å². The van der Waals surface area contributed by atoms with Crippen molar-refractivity contribution < 1.29 is 26.4 Å². The Morgan fingerprint density at radius 3 is 1.53 bits per heavy atom. The van der Waals surface area contributed by atoms with Crippen LogP contribution in [0.1, 0.15) is 84.6 Å². The molecule has 3 nitrogen and oxygen atoms in total. The van der Waals surface area contributed by atoms with Crippen LogP contribution < -0.4 is 0 Å². The van der Waals surface area contributed by atoms with E-state index < -0.39 is 22.8 Å². The molecule has 1 rings (SSSR count). The molecule has 0 heterocycles. The molecular formula is C23H40F3NO2S. The number of hydrogen-bond donors (Lipinski definition) is 0. The fourth-order valence-electron chi connectivity index (χ4n) is 3.42. The lowest BCUT2D eigenvalue weighted by molar-refractivity contribution is -0.929. The molecule has 30 heavy (non-hydrogen) atoms. The van der Waals surface area contributed by atoms with Crippen LogP contribution in [-0.4, -0.2) is 39.4 Å². The summed E-state index contributed by atoms with van der Waals surface area (Å²) < 4.78 is 58.1. The molecule has 0 N–H and O–H groups in total. The van der Waals surface area contributed by atoms with Crippen molar-refractivity contribution in [2.24, 2.45) is 0 Å². The lowest BCUT2D eigenvalue weighted by Gasteiger charge is -2.39. The van der Waals surface area contributed by atoms with Crippen LogP contribution in [0, 0.1) is 0 Å². The van der Waals surface area contributed by atoms with Crippen molar-refractivity contribution in [1.82, 2.24) is 0 Å². The first-order chi connectivity index (χ1) is 14.2. The summed E-state index contributed by atoms with van der Waals surface area (Å²) in [4.78, 5) is -0.366. The van der Waals surface area contributed by atoms with Crippen LogP contribution in [-0.2, 0) is 17.3 Å². The van der Waals surface area contributed by atoms with Gasteiger partial charge in [-0.05, 0) is 55.0 Å². The van der Waals surface area contributed by atoms with Gasteiger partial charge in [-0.15, -0.1) is 0 Å². The van der Waals surface area contributed by atoms with Gasteiger partial charge in [-0.1, -0.05) is 59.4 Å². The zero-order chi connectivity index (χ0) is 23.0. The van der Waals surface area contributed by atoms with Crippen LogP contribution >= 0.6 is 0 Å². The Bertz CT molecular complexity index is 557. The van der Waals surface area contributed by atoms with Crippen molar-refractivity contribution in [1.29, 1.82) is 0 Å². The molecule has 7 heteroatoms. The maximum atomic E-state index is 12.0. The molecule has 0 aromatic heterocycles. The molecule has 0 radical (unpaired) electrons. The van der Waals surface area contributed by atoms with E-state index in [1.165, 1.54) is 82.0 Å². The molecule has 0 aliphatic carbocycles. The number of alkyl halides is 3. The Hall–Kier alpha value is -0.920. The summed E-state index contributed by atoms with van der Waals surface area (Å²) in [6.45, 7) is 15.0. The van der Waals surface area contributed by atoms with Crippen LogP contribution in [0.5, 0.6) is 0 Å². The van der Waals surface area contributed by atoms with Crippen molar-refractivity contribution >= 4 is 11.1 Å². The molecule has 0 fully saturated rings. The molecule has 0 bridgehead atoms. The van der Waals surface area contributed by atoms with Gasteiger partial charge < -0.3 is 9.04 Å². The third kappa shape index (κ3) is 12.1. The average Bonchev–Trinajstić information content (AvgIpc) is 2.72. The maximum absolute atomic E-state index is 12.0. The second-order valence-electron chi connectivity index (χ2n) is 7.91. The summed E-state index contributed by atoms with van der Waals surface area (Å²) in [5, 5.41) is 0. The van der Waals surface area contributed by atoms with Gasteiger partial charge in [0.1, 0.15) is 0 Å². The van der Waals surface area contributed by atoms with Crippen molar-refractivity contribution in [2.75, 3.05) is 26.2 Å². The van der Waals surface area contributed by atoms with Crippen LogP contribution in [0.2, 0.25) is 0 Å². The standard InChI is InChI=1S/C16H36N.C7H5F3O2S/c1-5-9-13-17(14-10-6-2,15-11-7-3)16-12-8-4;8-7(9,10)5-2-1-3-6(4-5)13(11)12/h5-16H2,1-4H3;1-4H,(H,11,12)/q+1;/p-1. The van der Waals surface area contributed by atoms with E-state index in [-0.39, 0.29) is 4.90 Å². The van der Waals surface area contributed by atoms with E-state index >= 15 is 0 Å². The first-order valence-corrected chi connectivity index (χ1v) is 12.3. The lowest BCUT2D eigenvalue weighted by atomic mass is 10.1. The number of nitrogens with zero attached hydrogens (tertiary/aromatic N) is 1. The van der Waals surface area contributed by atoms with Gasteiger partial charge in [0.2, 0.25) is 0 Å². The quantitative estimate of drug-likeness (QED) is 0.240. The molecular weight excluding hydrogens is 411 g/mol. The largest absolute Gasteiger partial charge is 0.768 e. The summed E-state index contributed by atoms with van der Waals surface area (Å²) >= 11 is -2.62. The minimum atomic E-state index is -4.50. The van der Waals surface area contributed by atoms with E-state index in [1.54, 1.807) is 0 Å². The molecule has 176 valence electrons. The van der Waals surface area contributed by atoms with E-state index in [9.17, 15) is 21.9 Å². The minimum absolute atomic E-state index is 0.366. The summed E-state index contributed by atoms with van der Waals surface area (Å²) in [6.07, 6.45) is 6.56. The van der Waals surface area contributed by atoms with Gasteiger partial charge in [-0.2, -0.15) is 13.2 Å². The molecule has 1 atom stereocenters. The van der Waals surface area contributed by atoms with Gasteiger partial charge in [0.25, 0.3) is 0 Å². The first-order valence-electron chi connectivity index (χ1n) is 11.3. The van der Waals surface area contributed by atoms with Gasteiger partial charge in [-0.25, -0.2) is 0 Å². The minimum Gasteiger partial charge on any atom is -0.768 e. The fraction of sp³-hybridized carbons (Fsp3) is 0.739. The topological polar surface area (TPSA) is 40.1 Å². The Kier molecular flexibility index (Phi) is 15.3. The van der Waals surface area contributed by atoms with Gasteiger partial charge >= 0.3 is 6.18 Å². The van der Waals surface area contributed by atoms with E-state index in [1.807, 2.05) is 0 Å². The summed E-state index contributed by atoms with van der Waals surface area (Å²) in [5.74, 6) is 0. The van der Waals surface area contributed by atoms with Gasteiger partial charge in [0.05, 0.1) is 31.7 Å². The second-order valence-corrected chi connectivity index (χ2v) is 8.85. The molecule has 1 aromatic carbocycles. The zero-order valence-corrected chi connectivity index (χ0v) is 19.9. The van der Waals surface area contributed by atoms with Crippen molar-refractivity contribution in [3.63, 3.8) is 0 Å². The highest BCUT2D eigenvalue weighted by molar-refractivity contribution is 7.79. The highest BCUT2D eigenvalue weighted by Crippen LogP contribution is 2.29. The molecule has 1 unspecified atom stereocenters. The SMILES string of the molecule is CCCC[N+](CCCC)(CCCC)CCCC.O=S([O-])c1cccc(C(F)(F)F)c1. The number of benzene rings is 1. The van der Waals surface area contributed by atoms with E-state index in [4.69, 9.17) is 0 Å². The van der Waals surface area contributed by atoms with E-state index in [2.05, 4.69) is 27.7 Å². The third-order valence-corrected chi connectivity index (χ3v) is 5.94. The molecule has 0 aliphatic heterocycles. The number of rotatable bonds is 13. The van der Waals surface area contributed by atoms with Crippen LogP contribution in [0.15, 0.2) is 29.2 Å². The van der Waals surface area contributed by atoms with Crippen molar-refractivity contribution in [2.45, 2.75) is 90.1 Å². The number of hydrogen-bond acceptors (Lipinski definition) is 2. The van der Waals surface area contributed by atoms with Crippen LogP contribution in [0.3, 0.4) is 0 Å². The van der Waals surface area contributed by atoms with Crippen LogP contribution in [0.4, 0.5) is 13.2 Å². The maximum Gasteiger partial charge on any atom is 0.416 e. The highest BCUT2D eigenvalue weighted by Gasteiger charge is 2.30. The Morgan fingerprint density at radius 2 is 1.23 bits per heavy atom. The number of quaternary nitrogens is 1. The Morgan fingerprint density at radius 1 is 0.833 bits per heavy atom. The van der Waals surface area contributed by atoms with Gasteiger partial charge in [0.15, 0.2) is 0 Å². The van der Waals surface area contributed by atoms with E-state index in [0.29, 0.717) is 6.07 Å². The molecule has 0 saturated carbocycles.